The number of carbonyl (C=O) groups is 1. The summed E-state index contributed by atoms with van der Waals surface area (Å²) in [6.07, 6.45) is 4.27. The molecule has 7 heteroatoms. The van der Waals surface area contributed by atoms with Crippen LogP contribution >= 0.6 is 11.8 Å². The first kappa shape index (κ1) is 21.9. The number of esters is 1. The van der Waals surface area contributed by atoms with Crippen LogP contribution in [0.25, 0.3) is 27.8 Å². The number of fused-ring (bicyclic) bond motifs is 1. The molecule has 6 nitrogen and oxygen atoms in total. The van der Waals surface area contributed by atoms with Crippen LogP contribution < -0.4 is 4.74 Å². The van der Waals surface area contributed by atoms with Gasteiger partial charge in [-0.1, -0.05) is 49.0 Å². The molecule has 0 aliphatic heterocycles. The van der Waals surface area contributed by atoms with E-state index in [4.69, 9.17) is 9.47 Å². The largest absolute Gasteiger partial charge is 0.494 e. The highest BCUT2D eigenvalue weighted by atomic mass is 32.2. The molecule has 0 bridgehead atoms. The first-order chi connectivity index (χ1) is 15.7. The summed E-state index contributed by atoms with van der Waals surface area (Å²) in [6.45, 7) is 4.56. The fraction of sp³-hybridized carbons (Fsp3) is 0.240. The molecule has 2 aromatic carbocycles. The van der Waals surface area contributed by atoms with Crippen LogP contribution in [0.2, 0.25) is 0 Å². The number of carbonyl (C=O) groups excluding carboxylic acids is 1. The molecule has 0 saturated carbocycles. The van der Waals surface area contributed by atoms with Crippen LogP contribution in [0, 0.1) is 0 Å². The predicted molar refractivity (Wildman–Crippen MR) is 127 cm³/mol. The van der Waals surface area contributed by atoms with Crippen molar-refractivity contribution in [3.63, 3.8) is 0 Å². The number of hydrogen-bond acceptors (Lipinski definition) is 6. The van der Waals surface area contributed by atoms with Gasteiger partial charge in [-0.3, -0.25) is 4.79 Å². The Balaban J connectivity index is 1.89. The summed E-state index contributed by atoms with van der Waals surface area (Å²) in [6, 6.07) is 18.1. The van der Waals surface area contributed by atoms with Crippen molar-refractivity contribution >= 4 is 28.8 Å². The second-order valence-electron chi connectivity index (χ2n) is 7.12. The molecule has 0 spiro atoms. The third kappa shape index (κ3) is 4.34. The van der Waals surface area contributed by atoms with Gasteiger partial charge in [0, 0.05) is 17.4 Å². The van der Waals surface area contributed by atoms with Gasteiger partial charge in [-0.05, 0) is 43.2 Å². The van der Waals surface area contributed by atoms with Gasteiger partial charge in [0.05, 0.1) is 19.1 Å². The number of nitrogens with zero attached hydrogens (tertiary/aromatic N) is 3. The molecular weight excluding hydrogens is 422 g/mol. The van der Waals surface area contributed by atoms with E-state index in [2.05, 4.69) is 32.9 Å². The Labute approximate surface area is 191 Å². The van der Waals surface area contributed by atoms with Crippen molar-refractivity contribution in [1.82, 2.24) is 14.5 Å². The van der Waals surface area contributed by atoms with Gasteiger partial charge in [-0.15, -0.1) is 0 Å². The zero-order valence-corrected chi connectivity index (χ0v) is 19.1. The van der Waals surface area contributed by atoms with Crippen LogP contribution in [0.1, 0.15) is 20.3 Å². The molecule has 4 aromatic rings. The number of aromatic nitrogens is 3. The summed E-state index contributed by atoms with van der Waals surface area (Å²) in [5.74, 6) is 0.571. The van der Waals surface area contributed by atoms with Gasteiger partial charge in [-0.25, -0.2) is 9.97 Å². The van der Waals surface area contributed by atoms with E-state index in [1.54, 1.807) is 6.33 Å². The van der Waals surface area contributed by atoms with Gasteiger partial charge in [-0.2, -0.15) is 0 Å². The Morgan fingerprint density at radius 3 is 2.47 bits per heavy atom. The second kappa shape index (κ2) is 9.87. The normalized spacial score (nSPS) is 12.0. The molecule has 2 heterocycles. The third-order valence-electron chi connectivity index (χ3n) is 5.15. The highest BCUT2D eigenvalue weighted by Crippen LogP contribution is 2.38. The maximum absolute atomic E-state index is 12.2. The lowest BCUT2D eigenvalue weighted by Crippen LogP contribution is -2.17. The molecule has 0 aliphatic carbocycles. The second-order valence-corrected chi connectivity index (χ2v) is 8.31. The Hall–Kier alpha value is -3.32. The molecule has 164 valence electrons. The summed E-state index contributed by atoms with van der Waals surface area (Å²) in [5.41, 5.74) is 3.82. The van der Waals surface area contributed by atoms with Crippen LogP contribution in [0.15, 0.2) is 72.1 Å². The molecule has 0 N–H and O–H groups in total. The van der Waals surface area contributed by atoms with Crippen LogP contribution in [0.5, 0.6) is 5.75 Å². The maximum atomic E-state index is 12.2. The highest BCUT2D eigenvalue weighted by molar-refractivity contribution is 8.00. The molecule has 1 unspecified atom stereocenters. The van der Waals surface area contributed by atoms with Crippen LogP contribution in [0.4, 0.5) is 0 Å². The topological polar surface area (TPSA) is 66.2 Å². The van der Waals surface area contributed by atoms with Crippen molar-refractivity contribution in [3.8, 4) is 22.6 Å². The fourth-order valence-electron chi connectivity index (χ4n) is 3.59. The summed E-state index contributed by atoms with van der Waals surface area (Å²) >= 11 is 1.42. The van der Waals surface area contributed by atoms with Crippen molar-refractivity contribution in [2.75, 3.05) is 13.7 Å². The number of hydrogen-bond donors (Lipinski definition) is 0. The molecule has 0 saturated heterocycles. The van der Waals surface area contributed by atoms with E-state index in [-0.39, 0.29) is 11.2 Å². The van der Waals surface area contributed by atoms with Gasteiger partial charge in [0.1, 0.15) is 28.0 Å². The van der Waals surface area contributed by atoms with E-state index >= 15 is 0 Å². The minimum absolute atomic E-state index is 0.253. The van der Waals surface area contributed by atoms with E-state index < -0.39 is 0 Å². The molecule has 0 aliphatic rings. The summed E-state index contributed by atoms with van der Waals surface area (Å²) in [7, 11) is 1.42. The number of ether oxygens (including phenoxy) is 2. The number of rotatable bonds is 8. The SMILES string of the molecule is CCOc1ccc(-n2cc(-c3ccccc3)c3c(SC(CC)C(=O)OC)ncnc32)cc1. The first-order valence-corrected chi connectivity index (χ1v) is 11.4. The van der Waals surface area contributed by atoms with Crippen molar-refractivity contribution in [2.24, 2.45) is 0 Å². The zero-order valence-electron chi connectivity index (χ0n) is 18.3. The van der Waals surface area contributed by atoms with Crippen LogP contribution in [-0.4, -0.2) is 39.5 Å². The van der Waals surface area contributed by atoms with Crippen molar-refractivity contribution in [2.45, 2.75) is 30.5 Å². The van der Waals surface area contributed by atoms with Gasteiger partial charge < -0.3 is 14.0 Å². The quantitative estimate of drug-likeness (QED) is 0.201. The van der Waals surface area contributed by atoms with Gasteiger partial charge in [0.15, 0.2) is 0 Å². The molecular formula is C25H25N3O3S. The average Bonchev–Trinajstić information content (AvgIpc) is 3.24. The fourth-order valence-corrected chi connectivity index (χ4v) is 4.65. The smallest absolute Gasteiger partial charge is 0.319 e. The molecule has 4 rings (SSSR count). The number of methoxy groups -OCH3 is 1. The van der Waals surface area contributed by atoms with E-state index in [1.165, 1.54) is 18.9 Å². The molecule has 0 radical (unpaired) electrons. The predicted octanol–water partition coefficient (Wildman–Crippen LogP) is 5.53. The van der Waals surface area contributed by atoms with E-state index in [0.717, 1.165) is 38.6 Å². The molecule has 0 fully saturated rings. The zero-order chi connectivity index (χ0) is 22.5. The Bertz CT molecular complexity index is 1210. The third-order valence-corrected chi connectivity index (χ3v) is 6.49. The summed E-state index contributed by atoms with van der Waals surface area (Å²) < 4.78 is 12.6. The molecule has 1 atom stereocenters. The summed E-state index contributed by atoms with van der Waals surface area (Å²) in [4.78, 5) is 21.4. The lowest BCUT2D eigenvalue weighted by atomic mass is 10.1. The Kier molecular flexibility index (Phi) is 6.75. The van der Waals surface area contributed by atoms with Crippen LogP contribution in [-0.2, 0) is 9.53 Å². The summed E-state index contributed by atoms with van der Waals surface area (Å²) in [5, 5.41) is 1.34. The van der Waals surface area contributed by atoms with Gasteiger partial charge >= 0.3 is 5.97 Å². The van der Waals surface area contributed by atoms with E-state index in [0.29, 0.717) is 13.0 Å². The molecule has 32 heavy (non-hydrogen) atoms. The lowest BCUT2D eigenvalue weighted by molar-refractivity contribution is -0.140. The Morgan fingerprint density at radius 2 is 1.81 bits per heavy atom. The monoisotopic (exact) mass is 447 g/mol. The van der Waals surface area contributed by atoms with Gasteiger partial charge in [0.2, 0.25) is 0 Å². The minimum Gasteiger partial charge on any atom is -0.494 e. The number of benzene rings is 2. The van der Waals surface area contributed by atoms with Crippen molar-refractivity contribution in [3.05, 3.63) is 67.1 Å². The van der Waals surface area contributed by atoms with Crippen LogP contribution in [0.3, 0.4) is 0 Å². The standard InChI is InChI=1S/C25H25N3O3S/c1-4-21(25(29)30-3)32-24-22-20(17-9-7-6-8-10-17)15-28(23(22)26-16-27-24)18-11-13-19(14-12-18)31-5-2/h6-16,21H,4-5H2,1-3H3. The van der Waals surface area contributed by atoms with E-state index in [9.17, 15) is 4.79 Å². The molecule has 2 aromatic heterocycles. The lowest BCUT2D eigenvalue weighted by Gasteiger charge is -2.12. The molecule has 0 amide bonds. The Morgan fingerprint density at radius 1 is 1.06 bits per heavy atom. The first-order valence-electron chi connectivity index (χ1n) is 10.6. The average molecular weight is 448 g/mol. The van der Waals surface area contributed by atoms with Crippen molar-refractivity contribution in [1.29, 1.82) is 0 Å². The minimum atomic E-state index is -0.337. The van der Waals surface area contributed by atoms with Gasteiger partial charge in [0.25, 0.3) is 0 Å². The number of thioether (sulfide) groups is 1. The van der Waals surface area contributed by atoms with Crippen molar-refractivity contribution < 1.29 is 14.3 Å². The maximum Gasteiger partial charge on any atom is 0.319 e. The van der Waals surface area contributed by atoms with E-state index in [1.807, 2.05) is 56.3 Å². The highest BCUT2D eigenvalue weighted by Gasteiger charge is 2.24.